The van der Waals surface area contributed by atoms with Crippen molar-refractivity contribution in [2.24, 2.45) is 28.6 Å². The van der Waals surface area contributed by atoms with Crippen LogP contribution in [0.3, 0.4) is 0 Å². The van der Waals surface area contributed by atoms with Gasteiger partial charge in [-0.05, 0) is 61.7 Å². The van der Waals surface area contributed by atoms with Crippen LogP contribution in [0.4, 0.5) is 0 Å². The topological polar surface area (TPSA) is 52.6 Å². The van der Waals surface area contributed by atoms with Crippen molar-refractivity contribution in [2.75, 3.05) is 7.11 Å². The molecule has 3 fully saturated rings. The van der Waals surface area contributed by atoms with E-state index in [1.807, 2.05) is 0 Å². The van der Waals surface area contributed by atoms with E-state index in [0.29, 0.717) is 23.5 Å². The molecule has 4 nitrogen and oxygen atoms in total. The van der Waals surface area contributed by atoms with Crippen molar-refractivity contribution in [3.05, 3.63) is 23.5 Å². The van der Waals surface area contributed by atoms with Gasteiger partial charge in [-0.25, -0.2) is 0 Å². The van der Waals surface area contributed by atoms with Crippen molar-refractivity contribution in [1.29, 1.82) is 0 Å². The third-order valence-electron chi connectivity index (χ3n) is 8.29. The van der Waals surface area contributed by atoms with Gasteiger partial charge < -0.3 is 9.47 Å². The minimum atomic E-state index is -0.220. The van der Waals surface area contributed by atoms with Crippen LogP contribution in [-0.2, 0) is 19.1 Å². The predicted octanol–water partition coefficient (Wildman–Crippen LogP) is 4.59. The summed E-state index contributed by atoms with van der Waals surface area (Å²) in [6.45, 7) is 6.11. The predicted molar refractivity (Wildman–Crippen MR) is 103 cm³/mol. The summed E-state index contributed by atoms with van der Waals surface area (Å²) >= 11 is 0. The summed E-state index contributed by atoms with van der Waals surface area (Å²) in [4.78, 5) is 24.4. The van der Waals surface area contributed by atoms with Gasteiger partial charge in [0.25, 0.3) is 0 Å². The first-order valence-corrected chi connectivity index (χ1v) is 10.4. The number of methoxy groups -OCH3 is 1. The van der Waals surface area contributed by atoms with Crippen LogP contribution in [0.25, 0.3) is 0 Å². The lowest BCUT2D eigenvalue weighted by Crippen LogP contribution is -2.50. The molecule has 0 bridgehead atoms. The molecule has 27 heavy (non-hydrogen) atoms. The largest absolute Gasteiger partial charge is 0.504 e. The molecule has 0 heterocycles. The Hall–Kier alpha value is -1.58. The number of esters is 1. The Labute approximate surface area is 162 Å². The van der Waals surface area contributed by atoms with E-state index in [-0.39, 0.29) is 22.9 Å². The van der Waals surface area contributed by atoms with Gasteiger partial charge in [-0.3, -0.25) is 9.59 Å². The monoisotopic (exact) mass is 372 g/mol. The molecular formula is C23H32O4. The first-order chi connectivity index (χ1) is 12.8. The molecule has 0 amide bonds. The van der Waals surface area contributed by atoms with Gasteiger partial charge in [0.2, 0.25) is 0 Å². The zero-order chi connectivity index (χ0) is 19.4. The molecule has 0 N–H and O–H groups in total. The maximum absolute atomic E-state index is 13.0. The van der Waals surface area contributed by atoms with E-state index >= 15 is 0 Å². The molecule has 4 heteroatoms. The van der Waals surface area contributed by atoms with Crippen LogP contribution >= 0.6 is 0 Å². The molecular weight excluding hydrogens is 340 g/mol. The van der Waals surface area contributed by atoms with Gasteiger partial charge in [-0.2, -0.15) is 0 Å². The smallest absolute Gasteiger partial charge is 0.302 e. The van der Waals surface area contributed by atoms with E-state index < -0.39 is 0 Å². The maximum atomic E-state index is 13.0. The molecule has 0 saturated heterocycles. The van der Waals surface area contributed by atoms with Crippen LogP contribution < -0.4 is 0 Å². The summed E-state index contributed by atoms with van der Waals surface area (Å²) in [5.41, 5.74) is 2.34. The van der Waals surface area contributed by atoms with Gasteiger partial charge in [0.15, 0.2) is 5.78 Å². The van der Waals surface area contributed by atoms with Crippen molar-refractivity contribution >= 4 is 11.8 Å². The molecule has 0 spiro atoms. The zero-order valence-electron chi connectivity index (χ0n) is 17.0. The average molecular weight is 373 g/mol. The fraction of sp³-hybridized carbons (Fsp3) is 0.739. The van der Waals surface area contributed by atoms with Gasteiger partial charge in [0, 0.05) is 24.3 Å². The summed E-state index contributed by atoms with van der Waals surface area (Å²) in [6.07, 6.45) is 11.1. The quantitative estimate of drug-likeness (QED) is 0.308. The van der Waals surface area contributed by atoms with Gasteiger partial charge >= 0.3 is 5.97 Å². The van der Waals surface area contributed by atoms with Gasteiger partial charge in [-0.1, -0.05) is 25.5 Å². The number of allylic oxidation sites excluding steroid dienone is 2. The number of ketones is 1. The van der Waals surface area contributed by atoms with E-state index in [2.05, 4.69) is 19.9 Å². The van der Waals surface area contributed by atoms with Gasteiger partial charge in [-0.15, -0.1) is 0 Å². The molecule has 6 atom stereocenters. The fourth-order valence-electron chi connectivity index (χ4n) is 6.88. The zero-order valence-corrected chi connectivity index (χ0v) is 17.0. The molecule has 4 aliphatic rings. The molecule has 148 valence electrons. The minimum absolute atomic E-state index is 0.0385. The lowest BCUT2D eigenvalue weighted by atomic mass is 9.48. The number of rotatable bonds is 2. The molecule has 0 aromatic heterocycles. The molecule has 3 saturated carbocycles. The average Bonchev–Trinajstić information content (AvgIpc) is 2.87. The number of fused-ring (bicyclic) bond motifs is 5. The van der Waals surface area contributed by atoms with E-state index in [0.717, 1.165) is 50.5 Å². The number of carbonyl (C=O) groups excluding carboxylic acids is 2. The lowest BCUT2D eigenvalue weighted by molar-refractivity contribution is -0.148. The maximum Gasteiger partial charge on any atom is 0.302 e. The third kappa shape index (κ3) is 2.78. The summed E-state index contributed by atoms with van der Waals surface area (Å²) < 4.78 is 10.7. The summed E-state index contributed by atoms with van der Waals surface area (Å²) in [7, 11) is 1.63. The fourth-order valence-corrected chi connectivity index (χ4v) is 6.88. The highest BCUT2D eigenvalue weighted by Gasteiger charge is 2.60. The van der Waals surface area contributed by atoms with Crippen LogP contribution in [0, 0.1) is 28.6 Å². The highest BCUT2D eigenvalue weighted by Crippen LogP contribution is 2.64. The second kappa shape index (κ2) is 6.49. The second-order valence-electron chi connectivity index (χ2n) is 9.60. The van der Waals surface area contributed by atoms with Crippen molar-refractivity contribution in [1.82, 2.24) is 0 Å². The van der Waals surface area contributed by atoms with E-state index in [1.165, 1.54) is 12.5 Å². The SMILES string of the molecule is CO/C=C1\CC2C3CC=C4CC(OC(C)=O)CCC4(C)C3CCC2(C)C1=O. The van der Waals surface area contributed by atoms with Crippen LogP contribution in [-0.4, -0.2) is 25.0 Å². The number of carbonyl (C=O) groups is 2. The Balaban J connectivity index is 1.61. The van der Waals surface area contributed by atoms with Crippen LogP contribution in [0.2, 0.25) is 0 Å². The molecule has 0 aromatic carbocycles. The second-order valence-corrected chi connectivity index (χ2v) is 9.60. The molecule has 6 unspecified atom stereocenters. The number of Topliss-reactive ketones (excluding diaryl/α,β-unsaturated/α-hetero) is 1. The summed E-state index contributed by atoms with van der Waals surface area (Å²) in [5, 5.41) is 0. The molecule has 0 aliphatic heterocycles. The molecule has 4 rings (SSSR count). The highest BCUT2D eigenvalue weighted by molar-refractivity contribution is 6.02. The minimum Gasteiger partial charge on any atom is -0.504 e. The Morgan fingerprint density at radius 1 is 1.15 bits per heavy atom. The molecule has 0 radical (unpaired) electrons. The molecule has 0 aromatic rings. The van der Waals surface area contributed by atoms with Crippen molar-refractivity contribution in [3.8, 4) is 0 Å². The van der Waals surface area contributed by atoms with Crippen molar-refractivity contribution < 1.29 is 19.1 Å². The van der Waals surface area contributed by atoms with Crippen LogP contribution in [0.1, 0.15) is 65.7 Å². The normalized spacial score (nSPS) is 44.8. The van der Waals surface area contributed by atoms with E-state index in [9.17, 15) is 9.59 Å². The van der Waals surface area contributed by atoms with Gasteiger partial charge in [0.05, 0.1) is 13.4 Å². The Kier molecular flexibility index (Phi) is 4.51. The molecule has 4 aliphatic carbocycles. The lowest BCUT2D eigenvalue weighted by Gasteiger charge is -2.56. The van der Waals surface area contributed by atoms with Crippen LogP contribution in [0.15, 0.2) is 23.5 Å². The standard InChI is InChI=1S/C23H32O4/c1-14(24)27-17-7-9-22(2)16(12-17)5-6-18-19(22)8-10-23(3)20(18)11-15(13-26-4)21(23)25/h5,13,17-20H,6-12H2,1-4H3/b15-13+. The van der Waals surface area contributed by atoms with Crippen LogP contribution in [0.5, 0.6) is 0 Å². The number of ether oxygens (including phenoxy) is 2. The van der Waals surface area contributed by atoms with E-state index in [4.69, 9.17) is 9.47 Å². The highest BCUT2D eigenvalue weighted by atomic mass is 16.5. The first-order valence-electron chi connectivity index (χ1n) is 10.4. The first kappa shape index (κ1) is 18.8. The van der Waals surface area contributed by atoms with Gasteiger partial charge in [0.1, 0.15) is 6.10 Å². The summed E-state index contributed by atoms with van der Waals surface area (Å²) in [5.74, 6) is 1.75. The number of hydrogen-bond acceptors (Lipinski definition) is 4. The van der Waals surface area contributed by atoms with Crippen molar-refractivity contribution in [2.45, 2.75) is 71.8 Å². The summed E-state index contributed by atoms with van der Waals surface area (Å²) in [6, 6.07) is 0. The Bertz CT molecular complexity index is 720. The van der Waals surface area contributed by atoms with Crippen molar-refractivity contribution in [3.63, 3.8) is 0 Å². The number of hydrogen-bond donors (Lipinski definition) is 0. The Morgan fingerprint density at radius 2 is 1.89 bits per heavy atom. The van der Waals surface area contributed by atoms with E-state index in [1.54, 1.807) is 13.4 Å². The third-order valence-corrected chi connectivity index (χ3v) is 8.29. The Morgan fingerprint density at radius 3 is 2.59 bits per heavy atom.